The van der Waals surface area contributed by atoms with E-state index in [1.807, 2.05) is 11.5 Å². The van der Waals surface area contributed by atoms with E-state index in [9.17, 15) is 74.8 Å². The minimum atomic E-state index is -5.10. The minimum absolute atomic E-state index is 0.0109. The number of allylic oxidation sites excluding steroid dienone is 8. The third kappa shape index (κ3) is 22.2. The molecule has 28 nitrogen and oxygen atoms in total. The van der Waals surface area contributed by atoms with E-state index in [4.69, 9.17) is 42.6 Å². The average Bonchev–Trinajstić information content (AvgIpc) is 1.60. The van der Waals surface area contributed by atoms with Crippen LogP contribution in [0, 0.1) is 0 Å². The molecule has 0 amide bonds. The van der Waals surface area contributed by atoms with Gasteiger partial charge in [-0.15, -0.1) is 0 Å². The van der Waals surface area contributed by atoms with Gasteiger partial charge in [-0.1, -0.05) is 36.4 Å². The van der Waals surface area contributed by atoms with Gasteiger partial charge in [-0.25, -0.2) is 0 Å². The molecule has 0 saturated carbocycles. The van der Waals surface area contributed by atoms with Crippen LogP contribution in [0.3, 0.4) is 0 Å². The molecule has 0 aromatic heterocycles. The zero-order valence-electron chi connectivity index (χ0n) is 53.3. The van der Waals surface area contributed by atoms with Gasteiger partial charge in [0.2, 0.25) is 5.69 Å². The molecule has 0 bridgehead atoms. The first-order valence-corrected chi connectivity index (χ1v) is 37.7. The molecule has 528 valence electrons. The SMILES string of the molecule is COCCOCCOCCOCCOCCN1/C(=C/C=C/C=C/C=C/C2=[N+](CCCCCC(=O)O)c3ccc4c(S(=O)(=O)O)cc(S(=O)(=O)O)cc4c3C2(C)CCOCCOCCOCCOC)C(C)(CCCS(=O)(=O)O)c2c1cc(S(=O)(=O)O)c1ccc(S(=O)(=O)O)cc21. The van der Waals surface area contributed by atoms with E-state index in [1.54, 1.807) is 74.6 Å². The number of hydrogen-bond donors (Lipinski definition) is 6. The van der Waals surface area contributed by atoms with Gasteiger partial charge in [-0.05, 0) is 105 Å². The monoisotopic (exact) mass is 1430 g/mol. The highest BCUT2D eigenvalue weighted by Crippen LogP contribution is 2.55. The maximum absolute atomic E-state index is 13.2. The standard InChI is InChI=1S/C62H84N2O26S5/c1-61(21-13-41-91(67,68)69)56(64(24-26-85-32-34-89-39-40-90-38-36-87-30-28-83-4)53-45-55(95(79,80)81)48-18-17-46(92(70,71)72)42-50(48)60(53)61)14-9-6-5-7-10-15-57-62(2,22-25-84-31-33-88-37-35-86-29-27-82-3)59-51-43-47(93(73,74)75)44-54(94(76,77)78)49(51)19-20-52(59)63(57)23-12-8-11-16-58(65)66/h5-7,9-10,14-15,17-20,42-45H,8,11-13,16,21-41H2,1-4H3,(H5-,65,66,67,68,69,70,71,72,73,74,75,76,77,78,79,80,81)/p+1. The van der Waals surface area contributed by atoms with Gasteiger partial charge in [-0.2, -0.15) is 46.7 Å². The average molecular weight is 1430 g/mol. The quantitative estimate of drug-likeness (QED) is 0.0115. The van der Waals surface area contributed by atoms with Crippen molar-refractivity contribution in [1.29, 1.82) is 0 Å². The molecular formula is C62H85N2O26S5+. The third-order valence-corrected chi connectivity index (χ3v) is 20.2. The highest BCUT2D eigenvalue weighted by atomic mass is 32.2. The summed E-state index contributed by atoms with van der Waals surface area (Å²) in [5.41, 5.74) is -0.0612. The van der Waals surface area contributed by atoms with E-state index in [0.29, 0.717) is 99.8 Å². The Morgan fingerprint density at radius 2 is 0.979 bits per heavy atom. The molecular weight excluding hydrogens is 1350 g/mol. The Labute approximate surface area is 554 Å². The van der Waals surface area contributed by atoms with Crippen molar-refractivity contribution in [3.05, 3.63) is 108 Å². The van der Waals surface area contributed by atoms with E-state index in [1.165, 1.54) is 12.1 Å². The van der Waals surface area contributed by atoms with Gasteiger partial charge < -0.3 is 52.6 Å². The van der Waals surface area contributed by atoms with Crippen LogP contribution in [-0.4, -0.2) is 225 Å². The lowest BCUT2D eigenvalue weighted by Crippen LogP contribution is -2.33. The summed E-state index contributed by atoms with van der Waals surface area (Å²) in [5.74, 6) is -1.67. The Morgan fingerprint density at radius 3 is 1.51 bits per heavy atom. The normalized spacial score (nSPS) is 17.7. The summed E-state index contributed by atoms with van der Waals surface area (Å²) in [6.45, 7) is 8.04. The predicted octanol–water partition coefficient (Wildman–Crippen LogP) is 6.78. The minimum Gasteiger partial charge on any atom is -0.481 e. The zero-order valence-corrected chi connectivity index (χ0v) is 57.4. The lowest BCUT2D eigenvalue weighted by molar-refractivity contribution is -0.438. The van der Waals surface area contributed by atoms with Crippen LogP contribution >= 0.6 is 0 Å². The summed E-state index contributed by atoms with van der Waals surface area (Å²) in [6, 6.07) is 9.24. The van der Waals surface area contributed by atoms with Gasteiger partial charge in [0.25, 0.3) is 50.6 Å². The number of benzene rings is 4. The Kier molecular flexibility index (Phi) is 29.6. The summed E-state index contributed by atoms with van der Waals surface area (Å²) < 4.78 is 231. The van der Waals surface area contributed by atoms with Crippen LogP contribution in [0.5, 0.6) is 0 Å². The van der Waals surface area contributed by atoms with E-state index in [-0.39, 0.29) is 125 Å². The first-order valence-electron chi connectivity index (χ1n) is 30.3. The van der Waals surface area contributed by atoms with Crippen molar-refractivity contribution in [2.24, 2.45) is 0 Å². The van der Waals surface area contributed by atoms with Crippen molar-refractivity contribution >= 4 is 95.2 Å². The van der Waals surface area contributed by atoms with Gasteiger partial charge >= 0.3 is 5.97 Å². The lowest BCUT2D eigenvalue weighted by Gasteiger charge is -2.31. The number of rotatable bonds is 45. The second-order valence-corrected chi connectivity index (χ2v) is 29.7. The van der Waals surface area contributed by atoms with Gasteiger partial charge in [0, 0.05) is 85.5 Å². The third-order valence-electron chi connectivity index (χ3n) is 15.9. The highest BCUT2D eigenvalue weighted by molar-refractivity contribution is 7.87. The number of methoxy groups -OCH3 is 2. The lowest BCUT2D eigenvalue weighted by atomic mass is 9.75. The van der Waals surface area contributed by atoms with Crippen molar-refractivity contribution < 1.29 is 122 Å². The van der Waals surface area contributed by atoms with Crippen molar-refractivity contribution in [2.45, 2.75) is 89.2 Å². The van der Waals surface area contributed by atoms with Crippen LogP contribution in [-0.2, 0) is 109 Å². The highest BCUT2D eigenvalue weighted by Gasteiger charge is 2.50. The number of fused-ring (bicyclic) bond motifs is 6. The topological polar surface area (TPSA) is 398 Å². The molecule has 2 aliphatic rings. The molecule has 4 aromatic rings. The molecule has 0 fully saturated rings. The molecule has 0 saturated heterocycles. The fraction of sp³-hybridized carbons (Fsp3) is 0.516. The summed E-state index contributed by atoms with van der Waals surface area (Å²) in [5, 5.41) is 9.30. The summed E-state index contributed by atoms with van der Waals surface area (Å²) in [7, 11) is -21.5. The number of hydrogen-bond acceptors (Lipinski definition) is 21. The van der Waals surface area contributed by atoms with Crippen molar-refractivity contribution in [1.82, 2.24) is 0 Å². The Bertz CT molecular complexity index is 4060. The van der Waals surface area contributed by atoms with Crippen molar-refractivity contribution in [3.8, 4) is 0 Å². The summed E-state index contributed by atoms with van der Waals surface area (Å²) in [4.78, 5) is 10.4. The Morgan fingerprint density at radius 1 is 0.495 bits per heavy atom. The van der Waals surface area contributed by atoms with Crippen LogP contribution in [0.2, 0.25) is 0 Å². The Hall–Kier alpha value is -5.51. The van der Waals surface area contributed by atoms with Crippen molar-refractivity contribution in [2.75, 3.05) is 144 Å². The molecule has 2 aliphatic heterocycles. The largest absolute Gasteiger partial charge is 0.481 e. The molecule has 95 heavy (non-hydrogen) atoms. The molecule has 2 heterocycles. The summed E-state index contributed by atoms with van der Waals surface area (Å²) >= 11 is 0. The van der Waals surface area contributed by atoms with Crippen molar-refractivity contribution in [3.63, 3.8) is 0 Å². The molecule has 2 atom stereocenters. The molecule has 4 aromatic carbocycles. The first kappa shape index (κ1) is 78.5. The zero-order chi connectivity index (χ0) is 69.7. The maximum Gasteiger partial charge on any atom is 0.303 e. The van der Waals surface area contributed by atoms with E-state index in [2.05, 4.69) is 0 Å². The number of carbonyl (C=O) groups is 1. The molecule has 0 aliphatic carbocycles. The number of carboxylic acid groups (broad SMARTS) is 1. The fourth-order valence-electron chi connectivity index (χ4n) is 11.5. The van der Waals surface area contributed by atoms with Gasteiger partial charge in [0.05, 0.1) is 120 Å². The van der Waals surface area contributed by atoms with Crippen LogP contribution < -0.4 is 4.90 Å². The molecule has 6 N–H and O–H groups in total. The van der Waals surface area contributed by atoms with E-state index >= 15 is 0 Å². The van der Waals surface area contributed by atoms with Gasteiger partial charge in [-0.3, -0.25) is 27.6 Å². The number of ether oxygens (including phenoxy) is 9. The van der Waals surface area contributed by atoms with Crippen LogP contribution in [0.15, 0.2) is 116 Å². The predicted molar refractivity (Wildman–Crippen MR) is 350 cm³/mol. The number of nitrogens with zero attached hydrogens (tertiary/aromatic N) is 2. The van der Waals surface area contributed by atoms with Gasteiger partial charge in [0.15, 0.2) is 5.71 Å². The molecule has 0 radical (unpaired) electrons. The van der Waals surface area contributed by atoms with Crippen LogP contribution in [0.25, 0.3) is 21.5 Å². The number of anilines is 1. The van der Waals surface area contributed by atoms with E-state index < -0.39 is 92.7 Å². The second-order valence-electron chi connectivity index (χ2n) is 22.5. The Balaban J connectivity index is 1.41. The van der Waals surface area contributed by atoms with Gasteiger partial charge in [0.1, 0.15) is 16.3 Å². The van der Waals surface area contributed by atoms with Crippen LogP contribution in [0.1, 0.15) is 69.9 Å². The molecule has 2 unspecified atom stereocenters. The van der Waals surface area contributed by atoms with E-state index in [0.717, 1.165) is 24.3 Å². The number of carboxylic acids is 1. The number of aliphatic carboxylic acids is 1. The molecule has 0 spiro atoms. The second kappa shape index (κ2) is 35.8. The number of unbranched alkanes of at least 4 members (excludes halogenated alkanes) is 2. The van der Waals surface area contributed by atoms with Crippen LogP contribution in [0.4, 0.5) is 11.4 Å². The maximum atomic E-state index is 13.2. The summed E-state index contributed by atoms with van der Waals surface area (Å²) in [6.07, 6.45) is 12.9. The first-order chi connectivity index (χ1) is 44.9. The molecule has 6 rings (SSSR count). The molecule has 33 heteroatoms. The smallest absolute Gasteiger partial charge is 0.303 e. The fourth-order valence-corrected chi connectivity index (χ4v) is 14.6.